The highest BCUT2D eigenvalue weighted by atomic mass is 16.5. The fourth-order valence-electron chi connectivity index (χ4n) is 2.50. The first-order valence-electron chi connectivity index (χ1n) is 7.27. The first-order valence-corrected chi connectivity index (χ1v) is 7.27. The van der Waals surface area contributed by atoms with Crippen LogP contribution in [-0.4, -0.2) is 39.8 Å². The highest BCUT2D eigenvalue weighted by Gasteiger charge is 2.15. The van der Waals surface area contributed by atoms with Gasteiger partial charge in [-0.1, -0.05) is 11.6 Å². The van der Waals surface area contributed by atoms with Crippen LogP contribution in [-0.2, 0) is 6.42 Å². The maximum atomic E-state index is 5.29. The number of hydrogen-bond donors (Lipinski definition) is 1. The van der Waals surface area contributed by atoms with Crippen LogP contribution in [0.15, 0.2) is 16.9 Å². The molecule has 0 amide bonds. The van der Waals surface area contributed by atoms with Crippen LogP contribution < -0.4 is 10.1 Å². The molecule has 1 N–H and O–H groups in total. The van der Waals surface area contributed by atoms with E-state index < -0.39 is 0 Å². The molecule has 3 rings (SSSR count). The minimum atomic E-state index is 0.474. The van der Waals surface area contributed by atoms with E-state index >= 15 is 0 Å². The van der Waals surface area contributed by atoms with E-state index in [0.717, 1.165) is 19.4 Å². The summed E-state index contributed by atoms with van der Waals surface area (Å²) in [6.07, 6.45) is 7.03. The van der Waals surface area contributed by atoms with E-state index in [9.17, 15) is 0 Å². The zero-order valence-corrected chi connectivity index (χ0v) is 12.1. The highest BCUT2D eigenvalue weighted by Crippen LogP contribution is 2.18. The first-order chi connectivity index (χ1) is 10.3. The van der Waals surface area contributed by atoms with E-state index in [1.807, 2.05) is 0 Å². The van der Waals surface area contributed by atoms with Crippen molar-refractivity contribution in [3.63, 3.8) is 0 Å². The summed E-state index contributed by atoms with van der Waals surface area (Å²) in [4.78, 5) is 12.5. The Kier molecular flexibility index (Phi) is 4.40. The zero-order chi connectivity index (χ0) is 14.5. The summed E-state index contributed by atoms with van der Waals surface area (Å²) in [6.45, 7) is 1.11. The maximum absolute atomic E-state index is 5.29. The Morgan fingerprint density at radius 3 is 3.14 bits per heavy atom. The van der Waals surface area contributed by atoms with E-state index in [0.29, 0.717) is 29.3 Å². The van der Waals surface area contributed by atoms with Gasteiger partial charge in [0.25, 0.3) is 0 Å². The molecular formula is C14H19N5O2. The van der Waals surface area contributed by atoms with E-state index in [4.69, 9.17) is 9.26 Å². The summed E-state index contributed by atoms with van der Waals surface area (Å²) in [5.74, 6) is 1.61. The minimum absolute atomic E-state index is 0.474. The molecule has 0 aliphatic carbocycles. The van der Waals surface area contributed by atoms with Crippen LogP contribution in [0.1, 0.15) is 31.6 Å². The molecule has 0 saturated carbocycles. The molecule has 3 heterocycles. The van der Waals surface area contributed by atoms with E-state index in [1.165, 1.54) is 25.6 Å². The maximum Gasteiger partial charge on any atom is 0.227 e. The van der Waals surface area contributed by atoms with Gasteiger partial charge in [-0.15, -0.1) is 0 Å². The van der Waals surface area contributed by atoms with Gasteiger partial charge in [0.1, 0.15) is 12.0 Å². The third-order valence-corrected chi connectivity index (χ3v) is 3.67. The summed E-state index contributed by atoms with van der Waals surface area (Å²) in [7, 11) is 1.56. The van der Waals surface area contributed by atoms with Crippen LogP contribution in [0.5, 0.6) is 5.88 Å². The Balaban J connectivity index is 1.62. The number of hydrogen-bond acceptors (Lipinski definition) is 7. The Labute approximate surface area is 123 Å². The van der Waals surface area contributed by atoms with Crippen molar-refractivity contribution in [2.24, 2.45) is 0 Å². The lowest BCUT2D eigenvalue weighted by atomic mass is 10.0. The lowest BCUT2D eigenvalue weighted by molar-refractivity contribution is 0.342. The molecule has 1 fully saturated rings. The predicted molar refractivity (Wildman–Crippen MR) is 75.8 cm³/mol. The lowest BCUT2D eigenvalue weighted by Gasteiger charge is -2.22. The van der Waals surface area contributed by atoms with E-state index in [1.54, 1.807) is 13.2 Å². The van der Waals surface area contributed by atoms with Crippen LogP contribution in [0.3, 0.4) is 0 Å². The number of aromatic nitrogens is 4. The van der Waals surface area contributed by atoms with Gasteiger partial charge in [0.05, 0.1) is 7.11 Å². The number of nitrogens with zero attached hydrogens (tertiary/aromatic N) is 4. The lowest BCUT2D eigenvalue weighted by Crippen LogP contribution is -2.34. The fraction of sp³-hybridized carbons (Fsp3) is 0.571. The smallest absolute Gasteiger partial charge is 0.227 e. The largest absolute Gasteiger partial charge is 0.481 e. The standard InChI is InChI=1S/C14H19N5O2/c1-20-13-8-11(16-9-17-13)14-18-12(21-19-14)6-5-10-4-2-3-7-15-10/h8-10,15H,2-7H2,1H3. The van der Waals surface area contributed by atoms with Gasteiger partial charge in [0, 0.05) is 18.5 Å². The Hall–Kier alpha value is -2.02. The molecular weight excluding hydrogens is 270 g/mol. The predicted octanol–water partition coefficient (Wildman–Crippen LogP) is 1.61. The second-order valence-corrected chi connectivity index (χ2v) is 5.14. The Bertz CT molecular complexity index is 580. The van der Waals surface area contributed by atoms with Crippen LogP contribution >= 0.6 is 0 Å². The topological polar surface area (TPSA) is 86.0 Å². The SMILES string of the molecule is COc1cc(-c2noc(CCC3CCCCN3)n2)ncn1. The van der Waals surface area contributed by atoms with Crippen molar-refractivity contribution < 1.29 is 9.26 Å². The second kappa shape index (κ2) is 6.62. The molecule has 1 atom stereocenters. The average Bonchev–Trinajstić information content (AvgIpc) is 3.03. The molecule has 0 bridgehead atoms. The van der Waals surface area contributed by atoms with Crippen LogP contribution in [0.2, 0.25) is 0 Å². The molecule has 0 aromatic carbocycles. The Morgan fingerprint density at radius 1 is 1.38 bits per heavy atom. The molecule has 0 radical (unpaired) electrons. The molecule has 7 heteroatoms. The van der Waals surface area contributed by atoms with Crippen molar-refractivity contribution in [1.29, 1.82) is 0 Å². The van der Waals surface area contributed by atoms with Crippen LogP contribution in [0.25, 0.3) is 11.5 Å². The molecule has 1 aliphatic heterocycles. The van der Waals surface area contributed by atoms with Gasteiger partial charge in [-0.3, -0.25) is 0 Å². The third kappa shape index (κ3) is 3.55. The van der Waals surface area contributed by atoms with Crippen molar-refractivity contribution in [2.75, 3.05) is 13.7 Å². The van der Waals surface area contributed by atoms with Gasteiger partial charge < -0.3 is 14.6 Å². The van der Waals surface area contributed by atoms with Gasteiger partial charge >= 0.3 is 0 Å². The summed E-state index contributed by atoms with van der Waals surface area (Å²) in [5, 5.41) is 7.49. The van der Waals surface area contributed by atoms with Crippen LogP contribution in [0, 0.1) is 0 Å². The zero-order valence-electron chi connectivity index (χ0n) is 12.1. The fourth-order valence-corrected chi connectivity index (χ4v) is 2.50. The molecule has 2 aromatic heterocycles. The number of ether oxygens (including phenoxy) is 1. The van der Waals surface area contributed by atoms with Crippen molar-refractivity contribution in [2.45, 2.75) is 38.1 Å². The van der Waals surface area contributed by atoms with E-state index in [-0.39, 0.29) is 0 Å². The molecule has 21 heavy (non-hydrogen) atoms. The molecule has 0 spiro atoms. The van der Waals surface area contributed by atoms with Crippen molar-refractivity contribution in [1.82, 2.24) is 25.4 Å². The third-order valence-electron chi connectivity index (χ3n) is 3.67. The van der Waals surface area contributed by atoms with Crippen LogP contribution in [0.4, 0.5) is 0 Å². The normalized spacial score (nSPS) is 18.6. The highest BCUT2D eigenvalue weighted by molar-refractivity contribution is 5.49. The quantitative estimate of drug-likeness (QED) is 0.894. The summed E-state index contributed by atoms with van der Waals surface area (Å²) in [6, 6.07) is 2.25. The number of methoxy groups -OCH3 is 1. The second-order valence-electron chi connectivity index (χ2n) is 5.14. The molecule has 1 unspecified atom stereocenters. The van der Waals surface area contributed by atoms with Gasteiger partial charge in [-0.25, -0.2) is 9.97 Å². The number of piperidine rings is 1. The van der Waals surface area contributed by atoms with Gasteiger partial charge in [-0.2, -0.15) is 4.98 Å². The number of aryl methyl sites for hydroxylation is 1. The minimum Gasteiger partial charge on any atom is -0.481 e. The number of nitrogens with one attached hydrogen (secondary N) is 1. The average molecular weight is 289 g/mol. The van der Waals surface area contributed by atoms with Crippen molar-refractivity contribution in [3.8, 4) is 17.4 Å². The van der Waals surface area contributed by atoms with E-state index in [2.05, 4.69) is 25.4 Å². The first kappa shape index (κ1) is 13.9. The summed E-state index contributed by atoms with van der Waals surface area (Å²) < 4.78 is 10.4. The summed E-state index contributed by atoms with van der Waals surface area (Å²) >= 11 is 0. The number of rotatable bonds is 5. The summed E-state index contributed by atoms with van der Waals surface area (Å²) in [5.41, 5.74) is 0.604. The van der Waals surface area contributed by atoms with Gasteiger partial charge in [0.2, 0.25) is 17.6 Å². The van der Waals surface area contributed by atoms with Crippen molar-refractivity contribution >= 4 is 0 Å². The van der Waals surface area contributed by atoms with Crippen molar-refractivity contribution in [3.05, 3.63) is 18.3 Å². The van der Waals surface area contributed by atoms with Gasteiger partial charge in [0.15, 0.2) is 0 Å². The molecule has 112 valence electrons. The monoisotopic (exact) mass is 289 g/mol. The molecule has 1 aliphatic rings. The molecule has 7 nitrogen and oxygen atoms in total. The van der Waals surface area contributed by atoms with Gasteiger partial charge in [-0.05, 0) is 25.8 Å². The Morgan fingerprint density at radius 2 is 2.33 bits per heavy atom. The molecule has 2 aromatic rings. The molecule has 1 saturated heterocycles.